The number of aromatic hydroxyl groups is 1. The summed E-state index contributed by atoms with van der Waals surface area (Å²) in [6.07, 6.45) is 0. The van der Waals surface area contributed by atoms with Crippen molar-refractivity contribution < 1.29 is 9.90 Å². The lowest BCUT2D eigenvalue weighted by atomic mass is 10.1. The molecule has 2 rings (SSSR count). The molecule has 0 heterocycles. The Morgan fingerprint density at radius 1 is 1.30 bits per heavy atom. The Labute approximate surface area is 129 Å². The number of hydrogen-bond acceptors (Lipinski definition) is 4. The first-order valence-corrected chi connectivity index (χ1v) is 7.60. The van der Waals surface area contributed by atoms with Crippen molar-refractivity contribution in [2.45, 2.75) is 10.6 Å². The maximum absolute atomic E-state index is 11.4. The predicted octanol–water partition coefficient (Wildman–Crippen LogP) is 3.05. The summed E-state index contributed by atoms with van der Waals surface area (Å²) >= 11 is 4.97. The quantitative estimate of drug-likeness (QED) is 0.342. The Morgan fingerprint density at radius 3 is 2.70 bits per heavy atom. The SMILES string of the molecule is NNC(=O)c1ccc(CSc2ccccc2O)c(Br)c1. The lowest BCUT2D eigenvalue weighted by Crippen LogP contribution is -2.29. The van der Waals surface area contributed by atoms with Gasteiger partial charge in [-0.3, -0.25) is 10.2 Å². The van der Waals surface area contributed by atoms with Crippen LogP contribution < -0.4 is 11.3 Å². The second-order valence-corrected chi connectivity index (χ2v) is 5.91. The fourth-order valence-corrected chi connectivity index (χ4v) is 3.28. The molecule has 0 aromatic heterocycles. The van der Waals surface area contributed by atoms with Crippen LogP contribution in [-0.4, -0.2) is 11.0 Å². The van der Waals surface area contributed by atoms with Crippen molar-refractivity contribution in [1.82, 2.24) is 5.43 Å². The highest BCUT2D eigenvalue weighted by Crippen LogP contribution is 2.32. The van der Waals surface area contributed by atoms with Crippen molar-refractivity contribution >= 4 is 33.6 Å². The number of phenols is 1. The first-order chi connectivity index (χ1) is 9.61. The van der Waals surface area contributed by atoms with Gasteiger partial charge in [0.2, 0.25) is 0 Å². The minimum Gasteiger partial charge on any atom is -0.507 e. The van der Waals surface area contributed by atoms with Gasteiger partial charge in [-0.2, -0.15) is 0 Å². The number of hydrogen-bond donors (Lipinski definition) is 3. The highest BCUT2D eigenvalue weighted by Gasteiger charge is 2.08. The summed E-state index contributed by atoms with van der Waals surface area (Å²) in [4.78, 5) is 12.2. The molecule has 0 saturated heterocycles. The number of thioether (sulfide) groups is 1. The molecular weight excluding hydrogens is 340 g/mol. The Kier molecular flexibility index (Phi) is 5.05. The number of amides is 1. The van der Waals surface area contributed by atoms with Gasteiger partial charge in [0.1, 0.15) is 5.75 Å². The predicted molar refractivity (Wildman–Crippen MR) is 83.5 cm³/mol. The molecule has 0 bridgehead atoms. The van der Waals surface area contributed by atoms with E-state index >= 15 is 0 Å². The van der Waals surface area contributed by atoms with Gasteiger partial charge in [0.25, 0.3) is 5.91 Å². The van der Waals surface area contributed by atoms with Crippen LogP contribution in [0.4, 0.5) is 0 Å². The van der Waals surface area contributed by atoms with Crippen LogP contribution in [0.1, 0.15) is 15.9 Å². The van der Waals surface area contributed by atoms with Crippen LogP contribution >= 0.6 is 27.7 Å². The largest absolute Gasteiger partial charge is 0.507 e. The number of hydrazine groups is 1. The van der Waals surface area contributed by atoms with E-state index in [1.165, 1.54) is 11.8 Å². The van der Waals surface area contributed by atoms with Crippen molar-refractivity contribution in [2.24, 2.45) is 5.84 Å². The molecule has 6 heteroatoms. The summed E-state index contributed by atoms with van der Waals surface area (Å²) in [5, 5.41) is 9.71. The third kappa shape index (κ3) is 3.53. The molecule has 1 amide bonds. The fourth-order valence-electron chi connectivity index (χ4n) is 1.62. The number of para-hydroxylation sites is 1. The van der Waals surface area contributed by atoms with E-state index in [4.69, 9.17) is 5.84 Å². The van der Waals surface area contributed by atoms with Crippen molar-refractivity contribution in [1.29, 1.82) is 0 Å². The maximum Gasteiger partial charge on any atom is 0.265 e. The lowest BCUT2D eigenvalue weighted by molar-refractivity contribution is 0.0953. The van der Waals surface area contributed by atoms with Gasteiger partial charge in [0.15, 0.2) is 0 Å². The van der Waals surface area contributed by atoms with E-state index in [0.717, 1.165) is 14.9 Å². The Bertz CT molecular complexity index is 634. The molecule has 0 aliphatic rings. The van der Waals surface area contributed by atoms with Gasteiger partial charge in [0, 0.05) is 20.7 Å². The van der Waals surface area contributed by atoms with Gasteiger partial charge in [-0.15, -0.1) is 11.8 Å². The maximum atomic E-state index is 11.4. The Balaban J connectivity index is 2.11. The van der Waals surface area contributed by atoms with Crippen molar-refractivity contribution in [3.8, 4) is 5.75 Å². The number of nitrogens with one attached hydrogen (secondary N) is 1. The van der Waals surface area contributed by atoms with Crippen LogP contribution in [0.2, 0.25) is 0 Å². The van der Waals surface area contributed by atoms with Crippen molar-refractivity contribution in [3.63, 3.8) is 0 Å². The molecule has 104 valence electrons. The second kappa shape index (κ2) is 6.78. The highest BCUT2D eigenvalue weighted by molar-refractivity contribution is 9.10. The molecule has 0 spiro atoms. The molecule has 0 aliphatic heterocycles. The van der Waals surface area contributed by atoms with E-state index in [2.05, 4.69) is 21.4 Å². The van der Waals surface area contributed by atoms with Gasteiger partial charge in [0.05, 0.1) is 0 Å². The van der Waals surface area contributed by atoms with Crippen LogP contribution in [-0.2, 0) is 5.75 Å². The van der Waals surface area contributed by atoms with Crippen LogP contribution in [0, 0.1) is 0 Å². The number of rotatable bonds is 4. The summed E-state index contributed by atoms with van der Waals surface area (Å²) in [6, 6.07) is 12.5. The minimum atomic E-state index is -0.328. The smallest absolute Gasteiger partial charge is 0.265 e. The number of halogens is 1. The zero-order chi connectivity index (χ0) is 14.5. The van der Waals surface area contributed by atoms with Crippen LogP contribution in [0.25, 0.3) is 0 Å². The number of nitrogens with two attached hydrogens (primary N) is 1. The van der Waals surface area contributed by atoms with Gasteiger partial charge in [-0.05, 0) is 29.8 Å². The molecule has 20 heavy (non-hydrogen) atoms. The van der Waals surface area contributed by atoms with Crippen LogP contribution in [0.3, 0.4) is 0 Å². The van der Waals surface area contributed by atoms with E-state index < -0.39 is 0 Å². The fraction of sp³-hybridized carbons (Fsp3) is 0.0714. The number of carbonyl (C=O) groups excluding carboxylic acids is 1. The standard InChI is InChI=1S/C14H13BrN2O2S/c15-11-7-9(14(19)17-16)5-6-10(11)8-20-13-4-2-1-3-12(13)18/h1-7,18H,8,16H2,(H,17,19). The van der Waals surface area contributed by atoms with Gasteiger partial charge >= 0.3 is 0 Å². The van der Waals surface area contributed by atoms with Crippen molar-refractivity contribution in [3.05, 3.63) is 58.1 Å². The number of benzene rings is 2. The van der Waals surface area contributed by atoms with Crippen LogP contribution in [0.5, 0.6) is 5.75 Å². The molecule has 4 nitrogen and oxygen atoms in total. The van der Waals surface area contributed by atoms with E-state index in [0.29, 0.717) is 11.3 Å². The number of carbonyl (C=O) groups is 1. The van der Waals surface area contributed by atoms with Gasteiger partial charge < -0.3 is 5.11 Å². The third-order valence-corrected chi connectivity index (χ3v) is 4.54. The summed E-state index contributed by atoms with van der Waals surface area (Å²) in [5.41, 5.74) is 3.63. The molecule has 4 N–H and O–H groups in total. The summed E-state index contributed by atoms with van der Waals surface area (Å²) in [7, 11) is 0. The topological polar surface area (TPSA) is 75.3 Å². The Hall–Kier alpha value is -1.50. The Morgan fingerprint density at radius 2 is 2.05 bits per heavy atom. The molecule has 2 aromatic carbocycles. The molecule has 0 atom stereocenters. The average molecular weight is 353 g/mol. The summed E-state index contributed by atoms with van der Waals surface area (Å²) < 4.78 is 0.835. The molecular formula is C14H13BrN2O2S. The monoisotopic (exact) mass is 352 g/mol. The molecule has 2 aromatic rings. The zero-order valence-electron chi connectivity index (χ0n) is 10.5. The number of phenolic OH excluding ortho intramolecular Hbond substituents is 1. The first kappa shape index (κ1) is 14.9. The zero-order valence-corrected chi connectivity index (χ0v) is 12.9. The van der Waals surface area contributed by atoms with E-state index in [-0.39, 0.29) is 11.7 Å². The lowest BCUT2D eigenvalue weighted by Gasteiger charge is -2.08. The molecule has 0 unspecified atom stereocenters. The van der Waals surface area contributed by atoms with Gasteiger partial charge in [-0.25, -0.2) is 5.84 Å². The molecule has 0 saturated carbocycles. The van der Waals surface area contributed by atoms with E-state index in [1.54, 1.807) is 24.3 Å². The first-order valence-electron chi connectivity index (χ1n) is 5.82. The molecule has 0 aliphatic carbocycles. The van der Waals surface area contributed by atoms with Crippen molar-refractivity contribution in [2.75, 3.05) is 0 Å². The summed E-state index contributed by atoms with van der Waals surface area (Å²) in [6.45, 7) is 0. The van der Waals surface area contributed by atoms with E-state index in [9.17, 15) is 9.90 Å². The second-order valence-electron chi connectivity index (χ2n) is 4.04. The number of nitrogen functional groups attached to an aromatic ring is 1. The molecule has 0 radical (unpaired) electrons. The third-order valence-electron chi connectivity index (χ3n) is 2.69. The summed E-state index contributed by atoms with van der Waals surface area (Å²) in [5.74, 6) is 5.72. The molecule has 0 fully saturated rings. The minimum absolute atomic E-state index is 0.271. The van der Waals surface area contributed by atoms with E-state index in [1.807, 2.05) is 18.2 Å². The normalized spacial score (nSPS) is 10.3. The highest BCUT2D eigenvalue weighted by atomic mass is 79.9. The van der Waals surface area contributed by atoms with Crippen LogP contribution in [0.15, 0.2) is 51.8 Å². The average Bonchev–Trinajstić information content (AvgIpc) is 2.46. The van der Waals surface area contributed by atoms with Gasteiger partial charge in [-0.1, -0.05) is 34.1 Å².